The van der Waals surface area contributed by atoms with Gasteiger partial charge in [0.2, 0.25) is 5.91 Å². The molecule has 0 radical (unpaired) electrons. The van der Waals surface area contributed by atoms with E-state index in [0.717, 1.165) is 24.7 Å². The highest BCUT2D eigenvalue weighted by Gasteiger charge is 2.23. The van der Waals surface area contributed by atoms with Gasteiger partial charge in [-0.1, -0.05) is 38.2 Å². The molecular formula is C21H30N2O3. The van der Waals surface area contributed by atoms with Crippen LogP contribution < -0.4 is 4.74 Å². The van der Waals surface area contributed by atoms with Gasteiger partial charge < -0.3 is 14.5 Å². The van der Waals surface area contributed by atoms with Crippen LogP contribution in [0.3, 0.4) is 0 Å². The lowest BCUT2D eigenvalue weighted by molar-refractivity contribution is -0.130. The van der Waals surface area contributed by atoms with Crippen LogP contribution >= 0.6 is 0 Å². The number of hydrogen-bond donors (Lipinski definition) is 0. The summed E-state index contributed by atoms with van der Waals surface area (Å²) in [5.74, 6) is 1.66. The van der Waals surface area contributed by atoms with E-state index in [4.69, 9.17) is 4.74 Å². The summed E-state index contributed by atoms with van der Waals surface area (Å²) in [4.78, 5) is 27.7. The Labute approximate surface area is 156 Å². The fourth-order valence-corrected chi connectivity index (χ4v) is 3.95. The molecular weight excluding hydrogens is 328 g/mol. The summed E-state index contributed by atoms with van der Waals surface area (Å²) in [5.41, 5.74) is 0.663. The Bertz CT molecular complexity index is 617. The van der Waals surface area contributed by atoms with Gasteiger partial charge in [-0.15, -0.1) is 0 Å². The van der Waals surface area contributed by atoms with E-state index in [1.807, 2.05) is 29.2 Å². The number of piperazine rings is 1. The van der Waals surface area contributed by atoms with Gasteiger partial charge in [0.05, 0.1) is 6.61 Å². The first kappa shape index (κ1) is 18.7. The minimum absolute atomic E-state index is 0.0194. The molecule has 2 amide bonds. The summed E-state index contributed by atoms with van der Waals surface area (Å²) in [6, 6.07) is 7.49. The van der Waals surface area contributed by atoms with E-state index in [9.17, 15) is 9.59 Å². The van der Waals surface area contributed by atoms with Crippen molar-refractivity contribution in [3.8, 4) is 5.75 Å². The number of carbonyl (C=O) groups excluding carboxylic acids is 2. The Morgan fingerprint density at radius 3 is 2.42 bits per heavy atom. The van der Waals surface area contributed by atoms with Gasteiger partial charge in [0.25, 0.3) is 5.91 Å². The van der Waals surface area contributed by atoms with Crippen molar-refractivity contribution in [2.45, 2.75) is 45.4 Å². The monoisotopic (exact) mass is 358 g/mol. The van der Waals surface area contributed by atoms with Gasteiger partial charge in [0.15, 0.2) is 0 Å². The topological polar surface area (TPSA) is 49.9 Å². The second kappa shape index (κ2) is 9.06. The summed E-state index contributed by atoms with van der Waals surface area (Å²) in [6.45, 7) is 4.69. The van der Waals surface area contributed by atoms with Crippen molar-refractivity contribution in [2.75, 3.05) is 32.8 Å². The minimum atomic E-state index is 0.0194. The third-order valence-electron chi connectivity index (χ3n) is 5.61. The molecule has 1 heterocycles. The molecule has 2 aliphatic rings. The number of rotatable bonds is 5. The smallest absolute Gasteiger partial charge is 0.254 e. The molecule has 2 fully saturated rings. The predicted octanol–water partition coefficient (Wildman–Crippen LogP) is 3.34. The van der Waals surface area contributed by atoms with Crippen LogP contribution in [0, 0.1) is 5.92 Å². The molecule has 1 saturated heterocycles. The number of nitrogens with zero attached hydrogens (tertiary/aromatic N) is 2. The fourth-order valence-electron chi connectivity index (χ4n) is 3.95. The van der Waals surface area contributed by atoms with E-state index >= 15 is 0 Å². The van der Waals surface area contributed by atoms with Crippen molar-refractivity contribution in [2.24, 2.45) is 5.92 Å². The molecule has 0 spiro atoms. The third kappa shape index (κ3) is 4.99. The highest BCUT2D eigenvalue weighted by Crippen LogP contribution is 2.26. The van der Waals surface area contributed by atoms with Gasteiger partial charge in [-0.05, 0) is 30.5 Å². The molecule has 0 atom stereocenters. The van der Waals surface area contributed by atoms with Crippen LogP contribution in [0.4, 0.5) is 0 Å². The van der Waals surface area contributed by atoms with Crippen molar-refractivity contribution < 1.29 is 14.3 Å². The molecule has 0 unspecified atom stereocenters. The van der Waals surface area contributed by atoms with E-state index in [1.54, 1.807) is 11.8 Å². The summed E-state index contributed by atoms with van der Waals surface area (Å²) in [7, 11) is 0. The number of benzene rings is 1. The second-order valence-electron chi connectivity index (χ2n) is 7.47. The Kier molecular flexibility index (Phi) is 6.53. The summed E-state index contributed by atoms with van der Waals surface area (Å²) >= 11 is 0. The van der Waals surface area contributed by atoms with Crippen molar-refractivity contribution in [1.82, 2.24) is 9.80 Å². The third-order valence-corrected chi connectivity index (χ3v) is 5.61. The summed E-state index contributed by atoms with van der Waals surface area (Å²) in [5, 5.41) is 0. The molecule has 5 heteroatoms. The van der Waals surface area contributed by atoms with Crippen molar-refractivity contribution in [3.05, 3.63) is 29.8 Å². The quantitative estimate of drug-likeness (QED) is 0.811. The van der Waals surface area contributed by atoms with Gasteiger partial charge in [0, 0.05) is 38.7 Å². The van der Waals surface area contributed by atoms with E-state index in [-0.39, 0.29) is 11.8 Å². The van der Waals surface area contributed by atoms with Gasteiger partial charge in [-0.2, -0.15) is 0 Å². The first-order valence-corrected chi connectivity index (χ1v) is 9.91. The zero-order valence-corrected chi connectivity index (χ0v) is 15.8. The van der Waals surface area contributed by atoms with Crippen LogP contribution in [0.2, 0.25) is 0 Å². The van der Waals surface area contributed by atoms with E-state index in [2.05, 4.69) is 0 Å². The molecule has 3 rings (SSSR count). The number of hydrogen-bond acceptors (Lipinski definition) is 3. The fraction of sp³-hybridized carbons (Fsp3) is 0.619. The largest absolute Gasteiger partial charge is 0.494 e. The van der Waals surface area contributed by atoms with Crippen molar-refractivity contribution in [1.29, 1.82) is 0 Å². The molecule has 1 aromatic rings. The van der Waals surface area contributed by atoms with Gasteiger partial charge in [-0.25, -0.2) is 0 Å². The maximum Gasteiger partial charge on any atom is 0.254 e. The lowest BCUT2D eigenvalue weighted by atomic mass is 9.87. The average molecular weight is 358 g/mol. The van der Waals surface area contributed by atoms with Gasteiger partial charge >= 0.3 is 0 Å². The first-order valence-electron chi connectivity index (χ1n) is 9.91. The zero-order valence-electron chi connectivity index (χ0n) is 15.8. The van der Waals surface area contributed by atoms with E-state index in [1.165, 1.54) is 32.1 Å². The minimum Gasteiger partial charge on any atom is -0.494 e. The predicted molar refractivity (Wildman–Crippen MR) is 101 cm³/mol. The molecule has 26 heavy (non-hydrogen) atoms. The van der Waals surface area contributed by atoms with Crippen LogP contribution in [0.1, 0.15) is 55.8 Å². The molecule has 1 aromatic carbocycles. The maximum atomic E-state index is 12.7. The SMILES string of the molecule is CC(=O)N1CCN(C(=O)c2cccc(OCCC3CCCCC3)c2)CC1. The highest BCUT2D eigenvalue weighted by molar-refractivity contribution is 5.94. The zero-order chi connectivity index (χ0) is 18.4. The Morgan fingerprint density at radius 2 is 1.73 bits per heavy atom. The second-order valence-corrected chi connectivity index (χ2v) is 7.47. The number of ether oxygens (including phenoxy) is 1. The Hall–Kier alpha value is -2.04. The van der Waals surface area contributed by atoms with Crippen LogP contribution in [0.5, 0.6) is 5.75 Å². The van der Waals surface area contributed by atoms with E-state index < -0.39 is 0 Å². The molecule has 1 aliphatic carbocycles. The van der Waals surface area contributed by atoms with Crippen LogP contribution in [0.15, 0.2) is 24.3 Å². The lowest BCUT2D eigenvalue weighted by Gasteiger charge is -2.34. The number of carbonyl (C=O) groups is 2. The molecule has 5 nitrogen and oxygen atoms in total. The summed E-state index contributed by atoms with van der Waals surface area (Å²) < 4.78 is 5.91. The molecule has 0 N–H and O–H groups in total. The Balaban J connectivity index is 1.50. The summed E-state index contributed by atoms with van der Waals surface area (Å²) in [6.07, 6.45) is 7.84. The number of amides is 2. The average Bonchev–Trinajstić information content (AvgIpc) is 2.68. The maximum absolute atomic E-state index is 12.7. The molecule has 1 aliphatic heterocycles. The first-order chi connectivity index (χ1) is 12.6. The van der Waals surface area contributed by atoms with Crippen molar-refractivity contribution in [3.63, 3.8) is 0 Å². The molecule has 0 aromatic heterocycles. The molecule has 1 saturated carbocycles. The van der Waals surface area contributed by atoms with E-state index in [0.29, 0.717) is 31.7 Å². The van der Waals surface area contributed by atoms with Crippen LogP contribution in [-0.4, -0.2) is 54.4 Å². The normalized spacial score (nSPS) is 18.7. The highest BCUT2D eigenvalue weighted by atomic mass is 16.5. The lowest BCUT2D eigenvalue weighted by Crippen LogP contribution is -2.50. The van der Waals surface area contributed by atoms with Gasteiger partial charge in [0.1, 0.15) is 5.75 Å². The van der Waals surface area contributed by atoms with Crippen LogP contribution in [0.25, 0.3) is 0 Å². The van der Waals surface area contributed by atoms with Gasteiger partial charge in [-0.3, -0.25) is 9.59 Å². The molecule has 0 bridgehead atoms. The standard InChI is InChI=1S/C21H30N2O3/c1-17(24)22-11-13-23(14-12-22)21(25)19-8-5-9-20(16-19)26-15-10-18-6-3-2-4-7-18/h5,8-9,16,18H,2-4,6-7,10-15H2,1H3. The molecule has 142 valence electrons. The van der Waals surface area contributed by atoms with Crippen molar-refractivity contribution >= 4 is 11.8 Å². The Morgan fingerprint density at radius 1 is 1.04 bits per heavy atom. The van der Waals surface area contributed by atoms with Crippen LogP contribution in [-0.2, 0) is 4.79 Å².